The van der Waals surface area contributed by atoms with E-state index in [0.717, 1.165) is 30.2 Å². The third-order valence-electron chi connectivity index (χ3n) is 3.39. The molecular formula is C19H23IN4O. The monoisotopic (exact) mass is 450 g/mol. The molecule has 0 aliphatic rings. The topological polar surface area (TPSA) is 69.4 Å². The Morgan fingerprint density at radius 3 is 2.44 bits per heavy atom. The van der Waals surface area contributed by atoms with Crippen LogP contribution >= 0.6 is 24.0 Å². The SMILES string of the molecule is CN=C(NCCCOc1ccccc1)NCc1ccc(C#N)cc1.I. The molecule has 0 spiro atoms. The largest absolute Gasteiger partial charge is 0.494 e. The second-order valence-electron chi connectivity index (χ2n) is 5.18. The Hall–Kier alpha value is -2.27. The van der Waals surface area contributed by atoms with Crippen LogP contribution in [0.1, 0.15) is 17.5 Å². The Morgan fingerprint density at radius 1 is 1.08 bits per heavy atom. The smallest absolute Gasteiger partial charge is 0.191 e. The minimum atomic E-state index is 0. The zero-order valence-electron chi connectivity index (χ0n) is 14.2. The predicted molar refractivity (Wildman–Crippen MR) is 111 cm³/mol. The number of nitrogens with one attached hydrogen (secondary N) is 2. The van der Waals surface area contributed by atoms with Gasteiger partial charge in [-0.15, -0.1) is 24.0 Å². The summed E-state index contributed by atoms with van der Waals surface area (Å²) in [5.74, 6) is 1.64. The fourth-order valence-corrected chi connectivity index (χ4v) is 2.09. The first-order chi connectivity index (χ1) is 11.8. The van der Waals surface area contributed by atoms with Crippen molar-refractivity contribution in [2.45, 2.75) is 13.0 Å². The van der Waals surface area contributed by atoms with Gasteiger partial charge in [0.2, 0.25) is 0 Å². The van der Waals surface area contributed by atoms with Crippen LogP contribution in [0.15, 0.2) is 59.6 Å². The molecule has 0 radical (unpaired) electrons. The summed E-state index contributed by atoms with van der Waals surface area (Å²) in [6, 6.07) is 19.4. The van der Waals surface area contributed by atoms with E-state index in [1.807, 2.05) is 54.6 Å². The number of hydrogen-bond acceptors (Lipinski definition) is 3. The summed E-state index contributed by atoms with van der Waals surface area (Å²) >= 11 is 0. The van der Waals surface area contributed by atoms with Gasteiger partial charge in [0.1, 0.15) is 5.75 Å². The van der Waals surface area contributed by atoms with Crippen molar-refractivity contribution in [3.63, 3.8) is 0 Å². The van der Waals surface area contributed by atoms with Crippen LogP contribution in [0, 0.1) is 11.3 Å². The minimum absolute atomic E-state index is 0. The van der Waals surface area contributed by atoms with E-state index in [9.17, 15) is 0 Å². The van der Waals surface area contributed by atoms with Crippen LogP contribution in [0.5, 0.6) is 5.75 Å². The van der Waals surface area contributed by atoms with Crippen LogP contribution in [-0.2, 0) is 6.54 Å². The van der Waals surface area contributed by atoms with Gasteiger partial charge in [-0.25, -0.2) is 0 Å². The van der Waals surface area contributed by atoms with Crippen molar-refractivity contribution >= 4 is 29.9 Å². The van der Waals surface area contributed by atoms with Crippen molar-refractivity contribution in [3.05, 3.63) is 65.7 Å². The van der Waals surface area contributed by atoms with Crippen LogP contribution < -0.4 is 15.4 Å². The molecule has 2 aromatic rings. The molecule has 0 amide bonds. The first-order valence-electron chi connectivity index (χ1n) is 7.93. The summed E-state index contributed by atoms with van der Waals surface area (Å²) in [6.07, 6.45) is 0.881. The molecule has 25 heavy (non-hydrogen) atoms. The Balaban J connectivity index is 0.00000312. The molecule has 5 nitrogen and oxygen atoms in total. The molecule has 0 aliphatic carbocycles. The van der Waals surface area contributed by atoms with E-state index in [2.05, 4.69) is 21.7 Å². The average Bonchev–Trinajstić information content (AvgIpc) is 2.65. The standard InChI is InChI=1S/C19H22N4O.HI/c1-21-19(23-15-17-10-8-16(14-20)9-11-17)22-12-5-13-24-18-6-3-2-4-7-18;/h2-4,6-11H,5,12-13,15H2,1H3,(H2,21,22,23);1H. The van der Waals surface area contributed by atoms with Gasteiger partial charge in [0.05, 0.1) is 18.2 Å². The number of para-hydroxylation sites is 1. The first kappa shape index (κ1) is 20.8. The molecule has 2 aromatic carbocycles. The van der Waals surface area contributed by atoms with E-state index in [4.69, 9.17) is 10.00 Å². The van der Waals surface area contributed by atoms with Gasteiger partial charge in [-0.2, -0.15) is 5.26 Å². The van der Waals surface area contributed by atoms with E-state index in [-0.39, 0.29) is 24.0 Å². The van der Waals surface area contributed by atoms with Crippen LogP contribution in [0.25, 0.3) is 0 Å². The predicted octanol–water partition coefficient (Wildman–Crippen LogP) is 3.31. The van der Waals surface area contributed by atoms with E-state index in [0.29, 0.717) is 18.7 Å². The lowest BCUT2D eigenvalue weighted by molar-refractivity contribution is 0.311. The Kier molecular flexibility index (Phi) is 10.1. The molecule has 0 bridgehead atoms. The highest BCUT2D eigenvalue weighted by Crippen LogP contribution is 2.08. The molecule has 132 valence electrons. The molecule has 6 heteroatoms. The van der Waals surface area contributed by atoms with Gasteiger partial charge < -0.3 is 15.4 Å². The maximum Gasteiger partial charge on any atom is 0.191 e. The molecule has 2 N–H and O–H groups in total. The van der Waals surface area contributed by atoms with Crippen LogP contribution in [-0.4, -0.2) is 26.2 Å². The normalized spacial score (nSPS) is 10.3. The first-order valence-corrected chi connectivity index (χ1v) is 7.93. The van der Waals surface area contributed by atoms with Gasteiger partial charge in [0.25, 0.3) is 0 Å². The number of benzene rings is 2. The molecule has 0 aliphatic heterocycles. The van der Waals surface area contributed by atoms with Crippen LogP contribution in [0.4, 0.5) is 0 Å². The number of ether oxygens (including phenoxy) is 1. The molecule has 0 aromatic heterocycles. The Bertz CT molecular complexity index is 681. The number of rotatable bonds is 7. The zero-order chi connectivity index (χ0) is 17.0. The van der Waals surface area contributed by atoms with Crippen LogP contribution in [0.2, 0.25) is 0 Å². The van der Waals surface area contributed by atoms with E-state index in [1.54, 1.807) is 7.05 Å². The lowest BCUT2D eigenvalue weighted by Gasteiger charge is -2.12. The summed E-state index contributed by atoms with van der Waals surface area (Å²) in [4.78, 5) is 4.19. The zero-order valence-corrected chi connectivity index (χ0v) is 16.6. The van der Waals surface area contributed by atoms with Gasteiger partial charge in [-0.05, 0) is 36.2 Å². The van der Waals surface area contributed by atoms with Gasteiger partial charge in [0.15, 0.2) is 5.96 Å². The Morgan fingerprint density at radius 2 is 1.80 bits per heavy atom. The highest BCUT2D eigenvalue weighted by Gasteiger charge is 1.99. The molecule has 0 fully saturated rings. The second-order valence-corrected chi connectivity index (χ2v) is 5.18. The molecule has 0 heterocycles. The summed E-state index contributed by atoms with van der Waals surface area (Å²) in [5.41, 5.74) is 1.77. The van der Waals surface area contributed by atoms with Crippen molar-refractivity contribution in [2.75, 3.05) is 20.2 Å². The number of halogens is 1. The average molecular weight is 450 g/mol. The molecule has 2 rings (SSSR count). The highest BCUT2D eigenvalue weighted by molar-refractivity contribution is 14.0. The van der Waals surface area contributed by atoms with Crippen molar-refractivity contribution in [3.8, 4) is 11.8 Å². The number of guanidine groups is 1. The number of nitriles is 1. The molecule has 0 saturated carbocycles. The van der Waals surface area contributed by atoms with E-state index in [1.165, 1.54) is 0 Å². The summed E-state index contributed by atoms with van der Waals surface area (Å²) in [6.45, 7) is 2.09. The van der Waals surface area contributed by atoms with E-state index >= 15 is 0 Å². The number of hydrogen-bond donors (Lipinski definition) is 2. The molecule has 0 atom stereocenters. The quantitative estimate of drug-likeness (QED) is 0.294. The van der Waals surface area contributed by atoms with Crippen molar-refractivity contribution in [1.82, 2.24) is 10.6 Å². The van der Waals surface area contributed by atoms with Crippen LogP contribution in [0.3, 0.4) is 0 Å². The van der Waals surface area contributed by atoms with Crippen molar-refractivity contribution in [2.24, 2.45) is 4.99 Å². The second kappa shape index (κ2) is 12.1. The Labute approximate surface area is 166 Å². The lowest BCUT2D eigenvalue weighted by Crippen LogP contribution is -2.37. The molecule has 0 unspecified atom stereocenters. The number of nitrogens with zero attached hydrogens (tertiary/aromatic N) is 2. The highest BCUT2D eigenvalue weighted by atomic mass is 127. The molecule has 0 saturated heterocycles. The van der Waals surface area contributed by atoms with Gasteiger partial charge >= 0.3 is 0 Å². The lowest BCUT2D eigenvalue weighted by atomic mass is 10.1. The fraction of sp³-hybridized carbons (Fsp3) is 0.263. The van der Waals surface area contributed by atoms with Crippen molar-refractivity contribution < 1.29 is 4.74 Å². The number of aliphatic imine (C=N–C) groups is 1. The van der Waals surface area contributed by atoms with E-state index < -0.39 is 0 Å². The van der Waals surface area contributed by atoms with Gasteiger partial charge in [0, 0.05) is 20.1 Å². The fourth-order valence-electron chi connectivity index (χ4n) is 2.09. The van der Waals surface area contributed by atoms with Gasteiger partial charge in [-0.3, -0.25) is 4.99 Å². The molecular weight excluding hydrogens is 427 g/mol. The maximum absolute atomic E-state index is 8.79. The summed E-state index contributed by atoms with van der Waals surface area (Å²) in [5, 5.41) is 15.3. The van der Waals surface area contributed by atoms with Gasteiger partial charge in [-0.1, -0.05) is 30.3 Å². The third kappa shape index (κ3) is 7.90. The third-order valence-corrected chi connectivity index (χ3v) is 3.39. The summed E-state index contributed by atoms with van der Waals surface area (Å²) in [7, 11) is 1.74. The maximum atomic E-state index is 8.79. The minimum Gasteiger partial charge on any atom is -0.494 e. The van der Waals surface area contributed by atoms with Crippen molar-refractivity contribution in [1.29, 1.82) is 5.26 Å². The summed E-state index contributed by atoms with van der Waals surface area (Å²) < 4.78 is 5.65.